The first-order valence-corrected chi connectivity index (χ1v) is 7.59. The van der Waals surface area contributed by atoms with E-state index in [-0.39, 0.29) is 6.54 Å². The maximum atomic E-state index is 12.5. The molecule has 24 heavy (non-hydrogen) atoms. The molecule has 0 radical (unpaired) electrons. The molecule has 0 atom stereocenters. The van der Waals surface area contributed by atoms with E-state index in [1.165, 1.54) is 12.0 Å². The Morgan fingerprint density at radius 1 is 1.29 bits per heavy atom. The minimum atomic E-state index is -0.672. The molecule has 1 rings (SSSR count). The lowest BCUT2D eigenvalue weighted by molar-refractivity contribution is 0.0584. The van der Waals surface area contributed by atoms with Crippen molar-refractivity contribution in [3.8, 4) is 24.2 Å². The summed E-state index contributed by atoms with van der Waals surface area (Å²) in [4.78, 5) is 13.8. The number of terminal acetylenes is 1. The summed E-state index contributed by atoms with van der Waals surface area (Å²) >= 11 is 0. The van der Waals surface area contributed by atoms with Gasteiger partial charge < -0.3 is 9.47 Å². The van der Waals surface area contributed by atoms with Gasteiger partial charge in [0.25, 0.3) is 0 Å². The lowest BCUT2D eigenvalue weighted by atomic mass is 9.86. The predicted octanol–water partition coefficient (Wildman–Crippen LogP) is 3.87. The van der Waals surface area contributed by atoms with E-state index in [9.17, 15) is 10.1 Å². The first-order valence-electron chi connectivity index (χ1n) is 7.59. The van der Waals surface area contributed by atoms with E-state index in [1.807, 2.05) is 13.8 Å². The third-order valence-electron chi connectivity index (χ3n) is 3.33. The zero-order valence-corrected chi connectivity index (χ0v) is 15.1. The quantitative estimate of drug-likeness (QED) is 0.787. The van der Waals surface area contributed by atoms with E-state index < -0.39 is 17.1 Å². The molecule has 0 aliphatic rings. The maximum absolute atomic E-state index is 12.5. The van der Waals surface area contributed by atoms with E-state index in [0.717, 1.165) is 5.56 Å². The van der Waals surface area contributed by atoms with Gasteiger partial charge in [0, 0.05) is 0 Å². The second-order valence-electron chi connectivity index (χ2n) is 6.89. The number of ether oxygens (including phenoxy) is 2. The molecule has 1 amide bonds. The number of carbonyl (C=O) groups excluding carboxylic acids is 1. The summed E-state index contributed by atoms with van der Waals surface area (Å²) in [6, 6.07) is 7.49. The van der Waals surface area contributed by atoms with Gasteiger partial charge in [-0.1, -0.05) is 12.0 Å². The highest BCUT2D eigenvalue weighted by molar-refractivity contribution is 5.90. The number of amides is 1. The topological polar surface area (TPSA) is 62.6 Å². The Labute approximate surface area is 144 Å². The van der Waals surface area contributed by atoms with E-state index >= 15 is 0 Å². The minimum absolute atomic E-state index is 0.0479. The van der Waals surface area contributed by atoms with Gasteiger partial charge in [-0.3, -0.25) is 4.90 Å². The molecule has 0 heterocycles. The lowest BCUT2D eigenvalue weighted by Gasteiger charge is -2.28. The molecule has 5 heteroatoms. The van der Waals surface area contributed by atoms with Gasteiger partial charge in [0.2, 0.25) is 0 Å². The molecule has 0 saturated carbocycles. The molecule has 1 aromatic carbocycles. The van der Waals surface area contributed by atoms with Crippen LogP contribution in [0.15, 0.2) is 18.2 Å². The Kier molecular flexibility index (Phi) is 5.88. The van der Waals surface area contributed by atoms with E-state index in [4.69, 9.17) is 15.9 Å². The standard InChI is InChI=1S/C19H24N2O3/c1-8-11-21(17(22)24-18(2,3)4)15-10-9-14(12-16(15)23-7)19(5,6)13-20/h1,9-10,12H,11H2,2-7H3. The normalized spacial score (nSPS) is 11.2. The molecule has 0 aliphatic carbocycles. The number of anilines is 1. The number of methoxy groups -OCH3 is 1. The van der Waals surface area contributed by atoms with Crippen LogP contribution in [-0.2, 0) is 10.2 Å². The highest BCUT2D eigenvalue weighted by atomic mass is 16.6. The van der Waals surface area contributed by atoms with Crippen molar-refractivity contribution in [3.63, 3.8) is 0 Å². The van der Waals surface area contributed by atoms with E-state index in [2.05, 4.69) is 12.0 Å². The monoisotopic (exact) mass is 328 g/mol. The number of benzene rings is 1. The van der Waals surface area contributed by atoms with Crippen molar-refractivity contribution < 1.29 is 14.3 Å². The average molecular weight is 328 g/mol. The number of nitrogens with zero attached hydrogens (tertiary/aromatic N) is 2. The molecule has 0 saturated heterocycles. The largest absolute Gasteiger partial charge is 0.495 e. The van der Waals surface area contributed by atoms with Crippen molar-refractivity contribution in [1.82, 2.24) is 0 Å². The molecule has 0 fully saturated rings. The number of rotatable bonds is 4. The van der Waals surface area contributed by atoms with Gasteiger partial charge in [-0.15, -0.1) is 6.42 Å². The first kappa shape index (κ1) is 19.4. The second kappa shape index (κ2) is 7.27. The lowest BCUT2D eigenvalue weighted by Crippen LogP contribution is -2.37. The fourth-order valence-electron chi connectivity index (χ4n) is 2.01. The van der Waals surface area contributed by atoms with Crippen LogP contribution in [0.2, 0.25) is 0 Å². The molecule has 0 aliphatic heterocycles. The van der Waals surface area contributed by atoms with Crippen molar-refractivity contribution in [1.29, 1.82) is 5.26 Å². The van der Waals surface area contributed by atoms with E-state index in [0.29, 0.717) is 11.4 Å². The van der Waals surface area contributed by atoms with Crippen LogP contribution in [0, 0.1) is 23.7 Å². The molecular weight excluding hydrogens is 304 g/mol. The molecule has 0 aromatic heterocycles. The van der Waals surface area contributed by atoms with Gasteiger partial charge in [-0.05, 0) is 52.3 Å². The van der Waals surface area contributed by atoms with Crippen molar-refractivity contribution in [2.75, 3.05) is 18.6 Å². The van der Waals surface area contributed by atoms with Crippen molar-refractivity contribution >= 4 is 11.8 Å². The smallest absolute Gasteiger partial charge is 0.415 e. The number of hydrogen-bond donors (Lipinski definition) is 0. The summed E-state index contributed by atoms with van der Waals surface area (Å²) in [7, 11) is 1.51. The van der Waals surface area contributed by atoms with Crippen LogP contribution < -0.4 is 9.64 Å². The van der Waals surface area contributed by atoms with Crippen molar-refractivity contribution in [3.05, 3.63) is 23.8 Å². The molecule has 5 nitrogen and oxygen atoms in total. The molecule has 1 aromatic rings. The highest BCUT2D eigenvalue weighted by Crippen LogP contribution is 2.34. The van der Waals surface area contributed by atoms with Gasteiger partial charge >= 0.3 is 6.09 Å². The van der Waals surface area contributed by atoms with Gasteiger partial charge in [-0.25, -0.2) is 4.79 Å². The summed E-state index contributed by atoms with van der Waals surface area (Å²) in [6.45, 7) is 9.04. The van der Waals surface area contributed by atoms with Crippen LogP contribution in [-0.4, -0.2) is 25.3 Å². The van der Waals surface area contributed by atoms with Crippen LogP contribution in [0.5, 0.6) is 5.75 Å². The summed E-state index contributed by atoms with van der Waals surface area (Å²) < 4.78 is 10.8. The molecular formula is C19H24N2O3. The van der Waals surface area contributed by atoms with Crippen molar-refractivity contribution in [2.45, 2.75) is 45.6 Å². The van der Waals surface area contributed by atoms with Gasteiger partial charge in [0.1, 0.15) is 11.4 Å². The Balaban J connectivity index is 3.32. The van der Waals surface area contributed by atoms with Gasteiger partial charge in [-0.2, -0.15) is 5.26 Å². The zero-order valence-electron chi connectivity index (χ0n) is 15.1. The number of nitriles is 1. The predicted molar refractivity (Wildman–Crippen MR) is 94.0 cm³/mol. The Hall–Kier alpha value is -2.66. The fourth-order valence-corrected chi connectivity index (χ4v) is 2.01. The SMILES string of the molecule is C#CCN(C(=O)OC(C)(C)C)c1ccc(C(C)(C)C#N)cc1OC. The maximum Gasteiger partial charge on any atom is 0.415 e. The van der Waals surface area contributed by atoms with Gasteiger partial charge in [0.15, 0.2) is 0 Å². The third-order valence-corrected chi connectivity index (χ3v) is 3.33. The number of hydrogen-bond acceptors (Lipinski definition) is 4. The van der Waals surface area contributed by atoms with Crippen molar-refractivity contribution in [2.24, 2.45) is 0 Å². The van der Waals surface area contributed by atoms with Gasteiger partial charge in [0.05, 0.1) is 30.8 Å². The van der Waals surface area contributed by atoms with Crippen LogP contribution in [0.4, 0.5) is 10.5 Å². The molecule has 0 bridgehead atoms. The fraction of sp³-hybridized carbons (Fsp3) is 0.474. The minimum Gasteiger partial charge on any atom is -0.495 e. The Morgan fingerprint density at radius 2 is 1.92 bits per heavy atom. The molecule has 0 unspecified atom stereocenters. The van der Waals surface area contributed by atoms with Crippen LogP contribution in [0.3, 0.4) is 0 Å². The van der Waals surface area contributed by atoms with Crippen LogP contribution >= 0.6 is 0 Å². The zero-order chi connectivity index (χ0) is 18.5. The first-order chi connectivity index (χ1) is 11.1. The Morgan fingerprint density at radius 3 is 2.38 bits per heavy atom. The molecule has 0 N–H and O–H groups in total. The summed E-state index contributed by atoms with van der Waals surface area (Å²) in [5.41, 5.74) is -0.0215. The third kappa shape index (κ3) is 4.67. The molecule has 128 valence electrons. The van der Waals surface area contributed by atoms with Crippen LogP contribution in [0.25, 0.3) is 0 Å². The Bertz CT molecular complexity index is 688. The number of carbonyl (C=O) groups is 1. The second-order valence-corrected chi connectivity index (χ2v) is 6.89. The average Bonchev–Trinajstić information content (AvgIpc) is 2.50. The summed E-state index contributed by atoms with van der Waals surface area (Å²) in [5.74, 6) is 2.91. The highest BCUT2D eigenvalue weighted by Gasteiger charge is 2.27. The summed E-state index contributed by atoms with van der Waals surface area (Å²) in [5, 5.41) is 9.29. The summed E-state index contributed by atoms with van der Waals surface area (Å²) in [6.07, 6.45) is 4.85. The molecule has 0 spiro atoms. The van der Waals surface area contributed by atoms with Crippen LogP contribution in [0.1, 0.15) is 40.2 Å². The van der Waals surface area contributed by atoms with E-state index in [1.54, 1.807) is 39.0 Å².